The van der Waals surface area contributed by atoms with Gasteiger partial charge in [-0.1, -0.05) is 78.0 Å². The molecule has 1 heterocycles. The van der Waals surface area contributed by atoms with Crippen molar-refractivity contribution in [2.45, 2.75) is 37.2 Å². The monoisotopic (exact) mass is 349 g/mol. The van der Waals surface area contributed by atoms with Crippen LogP contribution in [0, 0.1) is 6.92 Å². The summed E-state index contributed by atoms with van der Waals surface area (Å²) in [5, 5.41) is 9.79. The highest BCUT2D eigenvalue weighted by Crippen LogP contribution is 2.23. The van der Waals surface area contributed by atoms with Crippen molar-refractivity contribution >= 4 is 11.8 Å². The van der Waals surface area contributed by atoms with E-state index < -0.39 is 0 Å². The molecule has 0 saturated carbocycles. The molecule has 0 aliphatic heterocycles. The first-order chi connectivity index (χ1) is 12.3. The van der Waals surface area contributed by atoms with Gasteiger partial charge in [0, 0.05) is 18.7 Å². The van der Waals surface area contributed by atoms with E-state index in [-0.39, 0.29) is 0 Å². The summed E-state index contributed by atoms with van der Waals surface area (Å²) in [5.41, 5.74) is 3.91. The van der Waals surface area contributed by atoms with Crippen molar-refractivity contribution < 1.29 is 0 Å². The van der Waals surface area contributed by atoms with Gasteiger partial charge in [-0.05, 0) is 24.5 Å². The lowest BCUT2D eigenvalue weighted by molar-refractivity contribution is 0.673. The van der Waals surface area contributed by atoms with E-state index in [2.05, 4.69) is 76.8 Å². The number of aryl methyl sites for hydroxylation is 3. The highest BCUT2D eigenvalue weighted by atomic mass is 32.2. The van der Waals surface area contributed by atoms with Crippen molar-refractivity contribution in [3.63, 3.8) is 0 Å². The molecule has 0 N–H and O–H groups in total. The lowest BCUT2D eigenvalue weighted by Crippen LogP contribution is -2.05. The fraction of sp³-hybridized carbons (Fsp3) is 0.238. The van der Waals surface area contributed by atoms with E-state index in [9.17, 15) is 0 Å². The first-order valence-corrected chi connectivity index (χ1v) is 9.50. The number of thioether (sulfide) groups is 1. The second kappa shape index (κ2) is 8.67. The van der Waals surface area contributed by atoms with Crippen molar-refractivity contribution in [3.05, 3.63) is 89.8 Å². The Morgan fingerprint density at radius 2 is 1.72 bits per heavy atom. The molecule has 3 rings (SSSR count). The van der Waals surface area contributed by atoms with Crippen LogP contribution in [-0.2, 0) is 25.1 Å². The molecule has 4 heteroatoms. The largest absolute Gasteiger partial charge is 0.302 e. The summed E-state index contributed by atoms with van der Waals surface area (Å²) in [7, 11) is 0. The molecule has 0 aliphatic carbocycles. The van der Waals surface area contributed by atoms with E-state index >= 15 is 0 Å². The van der Waals surface area contributed by atoms with Crippen molar-refractivity contribution in [2.24, 2.45) is 0 Å². The van der Waals surface area contributed by atoms with Gasteiger partial charge in [0.15, 0.2) is 5.16 Å². The van der Waals surface area contributed by atoms with Crippen molar-refractivity contribution in [1.82, 2.24) is 14.8 Å². The average molecular weight is 350 g/mol. The lowest BCUT2D eigenvalue weighted by Gasteiger charge is -2.08. The van der Waals surface area contributed by atoms with Gasteiger partial charge in [0.1, 0.15) is 5.82 Å². The zero-order valence-corrected chi connectivity index (χ0v) is 15.4. The molecule has 0 bridgehead atoms. The third-order valence-corrected chi connectivity index (χ3v) is 5.11. The molecule has 1 aromatic heterocycles. The van der Waals surface area contributed by atoms with Crippen LogP contribution >= 0.6 is 11.8 Å². The zero-order chi connectivity index (χ0) is 17.5. The van der Waals surface area contributed by atoms with Gasteiger partial charge in [-0.15, -0.1) is 16.8 Å². The van der Waals surface area contributed by atoms with Crippen LogP contribution in [0.5, 0.6) is 0 Å². The predicted molar refractivity (Wildman–Crippen MR) is 105 cm³/mol. The van der Waals surface area contributed by atoms with Gasteiger partial charge in [-0.25, -0.2) is 0 Å². The Morgan fingerprint density at radius 1 is 0.960 bits per heavy atom. The number of allylic oxidation sites excluding steroid dienone is 1. The number of hydrogen-bond donors (Lipinski definition) is 0. The maximum absolute atomic E-state index is 4.42. The Morgan fingerprint density at radius 3 is 2.44 bits per heavy atom. The highest BCUT2D eigenvalue weighted by molar-refractivity contribution is 7.98. The quantitative estimate of drug-likeness (QED) is 0.430. The normalized spacial score (nSPS) is 10.8. The summed E-state index contributed by atoms with van der Waals surface area (Å²) in [4.78, 5) is 0. The molecule has 0 radical (unpaired) electrons. The molecule has 0 aliphatic rings. The molecule has 128 valence electrons. The Bertz CT molecular complexity index is 807. The Kier molecular flexibility index (Phi) is 6.07. The third-order valence-electron chi connectivity index (χ3n) is 4.07. The molecule has 0 unspecified atom stereocenters. The van der Waals surface area contributed by atoms with Crippen LogP contribution in [-0.4, -0.2) is 14.8 Å². The van der Waals surface area contributed by atoms with E-state index in [4.69, 9.17) is 0 Å². The minimum absolute atomic E-state index is 0.743. The maximum Gasteiger partial charge on any atom is 0.191 e. The van der Waals surface area contributed by atoms with Crippen LogP contribution in [0.3, 0.4) is 0 Å². The standard InChI is InChI=1S/C21H23N3S/c1-3-15-24-20(14-13-18-7-5-4-6-8-18)22-23-21(24)25-16-19-11-9-17(2)10-12-19/h3-12H,1,13-16H2,2H3. The van der Waals surface area contributed by atoms with Gasteiger partial charge < -0.3 is 4.57 Å². The number of aromatic nitrogens is 3. The second-order valence-electron chi connectivity index (χ2n) is 6.06. The number of hydrogen-bond acceptors (Lipinski definition) is 3. The Labute approximate surface area is 153 Å². The molecular weight excluding hydrogens is 326 g/mol. The topological polar surface area (TPSA) is 30.7 Å². The average Bonchev–Trinajstić information content (AvgIpc) is 3.03. The van der Waals surface area contributed by atoms with Crippen LogP contribution < -0.4 is 0 Å². The Balaban J connectivity index is 1.68. The SMILES string of the molecule is C=CCn1c(CCc2ccccc2)nnc1SCc1ccc(C)cc1. The summed E-state index contributed by atoms with van der Waals surface area (Å²) in [5.74, 6) is 1.92. The second-order valence-corrected chi connectivity index (χ2v) is 7.00. The summed E-state index contributed by atoms with van der Waals surface area (Å²) in [6.07, 6.45) is 3.76. The number of nitrogens with zero attached hydrogens (tertiary/aromatic N) is 3. The molecule has 0 spiro atoms. The summed E-state index contributed by atoms with van der Waals surface area (Å²) in [6, 6.07) is 19.1. The van der Waals surface area contributed by atoms with Crippen molar-refractivity contribution in [1.29, 1.82) is 0 Å². The van der Waals surface area contributed by atoms with Gasteiger partial charge in [-0.3, -0.25) is 0 Å². The molecule has 0 saturated heterocycles. The van der Waals surface area contributed by atoms with Gasteiger partial charge in [-0.2, -0.15) is 0 Å². The van der Waals surface area contributed by atoms with Gasteiger partial charge in [0.25, 0.3) is 0 Å². The van der Waals surface area contributed by atoms with E-state index in [1.807, 2.05) is 12.1 Å². The summed E-state index contributed by atoms with van der Waals surface area (Å²) >= 11 is 1.73. The smallest absolute Gasteiger partial charge is 0.191 e. The van der Waals surface area contributed by atoms with Gasteiger partial charge >= 0.3 is 0 Å². The maximum atomic E-state index is 4.42. The first-order valence-electron chi connectivity index (χ1n) is 8.51. The molecule has 0 atom stereocenters. The molecule has 3 aromatic rings. The minimum Gasteiger partial charge on any atom is -0.302 e. The number of rotatable bonds is 8. The van der Waals surface area contributed by atoms with E-state index in [0.717, 1.165) is 36.1 Å². The first kappa shape index (κ1) is 17.5. The third kappa shape index (κ3) is 4.83. The fourth-order valence-electron chi connectivity index (χ4n) is 2.66. The lowest BCUT2D eigenvalue weighted by atomic mass is 10.1. The van der Waals surface area contributed by atoms with Crippen LogP contribution in [0.2, 0.25) is 0 Å². The van der Waals surface area contributed by atoms with Crippen LogP contribution in [0.1, 0.15) is 22.5 Å². The van der Waals surface area contributed by atoms with Crippen molar-refractivity contribution in [3.8, 4) is 0 Å². The van der Waals surface area contributed by atoms with Crippen LogP contribution in [0.15, 0.2) is 72.4 Å². The molecule has 0 amide bonds. The molecule has 25 heavy (non-hydrogen) atoms. The summed E-state index contributed by atoms with van der Waals surface area (Å²) < 4.78 is 2.18. The van der Waals surface area contributed by atoms with Crippen molar-refractivity contribution in [2.75, 3.05) is 0 Å². The predicted octanol–water partition coefficient (Wildman–Crippen LogP) is 4.85. The van der Waals surface area contributed by atoms with Crippen LogP contribution in [0.4, 0.5) is 0 Å². The Hall–Kier alpha value is -2.33. The van der Waals surface area contributed by atoms with Gasteiger partial charge in [0.05, 0.1) is 0 Å². The molecular formula is C21H23N3S. The minimum atomic E-state index is 0.743. The number of benzene rings is 2. The molecule has 3 nitrogen and oxygen atoms in total. The van der Waals surface area contributed by atoms with E-state index in [1.165, 1.54) is 16.7 Å². The van der Waals surface area contributed by atoms with E-state index in [0.29, 0.717) is 0 Å². The molecule has 2 aromatic carbocycles. The van der Waals surface area contributed by atoms with Crippen LogP contribution in [0.25, 0.3) is 0 Å². The highest BCUT2D eigenvalue weighted by Gasteiger charge is 2.12. The summed E-state index contributed by atoms with van der Waals surface area (Å²) in [6.45, 7) is 6.73. The van der Waals surface area contributed by atoms with E-state index in [1.54, 1.807) is 11.8 Å². The zero-order valence-electron chi connectivity index (χ0n) is 14.6. The molecule has 0 fully saturated rings. The fourth-order valence-corrected chi connectivity index (χ4v) is 3.58. The van der Waals surface area contributed by atoms with Gasteiger partial charge in [0.2, 0.25) is 0 Å².